The Bertz CT molecular complexity index is 1200. The van der Waals surface area contributed by atoms with Gasteiger partial charge in [-0.25, -0.2) is 9.37 Å². The van der Waals surface area contributed by atoms with Crippen LogP contribution in [0, 0.1) is 5.82 Å². The highest BCUT2D eigenvalue weighted by Gasteiger charge is 2.13. The lowest BCUT2D eigenvalue weighted by Gasteiger charge is -2.11. The number of amides is 1. The van der Waals surface area contributed by atoms with Crippen molar-refractivity contribution in [1.82, 2.24) is 4.98 Å². The van der Waals surface area contributed by atoms with Gasteiger partial charge in [0.15, 0.2) is 12.2 Å². The number of hydrogen-bond donors (Lipinski definition) is 1. The third kappa shape index (κ3) is 4.74. The van der Waals surface area contributed by atoms with Crippen molar-refractivity contribution in [2.75, 3.05) is 11.9 Å². The molecule has 1 aromatic heterocycles. The number of benzene rings is 3. The van der Waals surface area contributed by atoms with Gasteiger partial charge in [-0.2, -0.15) is 0 Å². The third-order valence-corrected chi connectivity index (χ3v) is 5.21. The van der Waals surface area contributed by atoms with Crippen LogP contribution in [0.25, 0.3) is 22.6 Å². The van der Waals surface area contributed by atoms with Gasteiger partial charge in [0, 0.05) is 5.69 Å². The molecule has 0 aliphatic rings. The van der Waals surface area contributed by atoms with Crippen LogP contribution in [0.3, 0.4) is 0 Å². The normalized spacial score (nSPS) is 12.0. The molecular formula is C25H23FN2O3. The summed E-state index contributed by atoms with van der Waals surface area (Å²) in [5, 5.41) is 2.78. The van der Waals surface area contributed by atoms with E-state index in [9.17, 15) is 9.18 Å². The van der Waals surface area contributed by atoms with E-state index in [0.29, 0.717) is 28.5 Å². The maximum absolute atomic E-state index is 14.0. The number of carbonyl (C=O) groups is 1. The predicted molar refractivity (Wildman–Crippen MR) is 119 cm³/mol. The SMILES string of the molecule is CC[C@@H](C)c1ccc(OCC(=O)Nc2ccc3oc(-c4ccccc4F)nc3c2)cc1. The minimum Gasteiger partial charge on any atom is -0.484 e. The largest absolute Gasteiger partial charge is 0.484 e. The van der Waals surface area contributed by atoms with Crippen LogP contribution in [0.5, 0.6) is 5.75 Å². The molecule has 5 nitrogen and oxygen atoms in total. The van der Waals surface area contributed by atoms with Gasteiger partial charge >= 0.3 is 0 Å². The fourth-order valence-electron chi connectivity index (χ4n) is 3.23. The van der Waals surface area contributed by atoms with Crippen LogP contribution in [-0.4, -0.2) is 17.5 Å². The second kappa shape index (κ2) is 9.00. The smallest absolute Gasteiger partial charge is 0.262 e. The first-order valence-corrected chi connectivity index (χ1v) is 10.2. The summed E-state index contributed by atoms with van der Waals surface area (Å²) in [6.07, 6.45) is 1.07. The molecule has 0 radical (unpaired) electrons. The second-order valence-corrected chi connectivity index (χ2v) is 7.40. The summed E-state index contributed by atoms with van der Waals surface area (Å²) in [6.45, 7) is 4.21. The highest BCUT2D eigenvalue weighted by atomic mass is 19.1. The Hall–Kier alpha value is -3.67. The number of oxazole rings is 1. The van der Waals surface area contributed by atoms with Gasteiger partial charge in [-0.05, 0) is 60.4 Å². The van der Waals surface area contributed by atoms with Gasteiger partial charge in [-0.1, -0.05) is 38.1 Å². The predicted octanol–water partition coefficient (Wildman–Crippen LogP) is 6.16. The molecule has 3 aromatic carbocycles. The molecule has 0 aliphatic carbocycles. The number of rotatable bonds is 7. The Balaban J connectivity index is 1.40. The minimum atomic E-state index is -0.406. The van der Waals surface area contributed by atoms with Crippen molar-refractivity contribution in [1.29, 1.82) is 0 Å². The number of aromatic nitrogens is 1. The van der Waals surface area contributed by atoms with E-state index in [1.807, 2.05) is 24.3 Å². The number of fused-ring (bicyclic) bond motifs is 1. The maximum Gasteiger partial charge on any atom is 0.262 e. The summed E-state index contributed by atoms with van der Waals surface area (Å²) >= 11 is 0. The van der Waals surface area contributed by atoms with Crippen molar-refractivity contribution in [2.45, 2.75) is 26.2 Å². The van der Waals surface area contributed by atoms with E-state index >= 15 is 0 Å². The molecule has 158 valence electrons. The summed E-state index contributed by atoms with van der Waals surface area (Å²) < 4.78 is 25.2. The van der Waals surface area contributed by atoms with E-state index in [1.54, 1.807) is 36.4 Å². The van der Waals surface area contributed by atoms with Crippen LogP contribution >= 0.6 is 0 Å². The number of nitrogens with zero attached hydrogens (tertiary/aromatic N) is 1. The van der Waals surface area contributed by atoms with Crippen LogP contribution in [0.1, 0.15) is 31.7 Å². The minimum absolute atomic E-state index is 0.111. The van der Waals surface area contributed by atoms with Crippen molar-refractivity contribution in [3.8, 4) is 17.2 Å². The van der Waals surface area contributed by atoms with E-state index in [0.717, 1.165) is 6.42 Å². The first-order chi connectivity index (χ1) is 15.0. The lowest BCUT2D eigenvalue weighted by Crippen LogP contribution is -2.20. The highest BCUT2D eigenvalue weighted by molar-refractivity contribution is 5.94. The van der Waals surface area contributed by atoms with Gasteiger partial charge in [0.05, 0.1) is 5.56 Å². The summed E-state index contributed by atoms with van der Waals surface area (Å²) in [4.78, 5) is 16.6. The van der Waals surface area contributed by atoms with Crippen LogP contribution < -0.4 is 10.1 Å². The number of carbonyl (C=O) groups excluding carboxylic acids is 1. The average Bonchev–Trinajstić information content (AvgIpc) is 3.21. The monoisotopic (exact) mass is 418 g/mol. The van der Waals surface area contributed by atoms with Gasteiger partial charge in [0.1, 0.15) is 17.1 Å². The fraction of sp³-hybridized carbons (Fsp3) is 0.200. The summed E-state index contributed by atoms with van der Waals surface area (Å²) in [6, 6.07) is 19.2. The lowest BCUT2D eigenvalue weighted by atomic mass is 9.99. The molecule has 1 atom stereocenters. The second-order valence-electron chi connectivity index (χ2n) is 7.40. The van der Waals surface area contributed by atoms with E-state index in [4.69, 9.17) is 9.15 Å². The molecule has 0 saturated carbocycles. The van der Waals surface area contributed by atoms with E-state index in [1.165, 1.54) is 11.6 Å². The zero-order chi connectivity index (χ0) is 21.8. The van der Waals surface area contributed by atoms with Crippen molar-refractivity contribution < 1.29 is 18.3 Å². The number of anilines is 1. The Labute approximate surface area is 179 Å². The number of nitrogens with one attached hydrogen (secondary N) is 1. The molecule has 0 unspecified atom stereocenters. The lowest BCUT2D eigenvalue weighted by molar-refractivity contribution is -0.118. The molecule has 1 amide bonds. The topological polar surface area (TPSA) is 64.4 Å². The molecule has 6 heteroatoms. The molecule has 1 heterocycles. The molecule has 0 bridgehead atoms. The van der Waals surface area contributed by atoms with Crippen molar-refractivity contribution >= 4 is 22.7 Å². The molecule has 1 N–H and O–H groups in total. The maximum atomic E-state index is 14.0. The van der Waals surface area contributed by atoms with E-state index in [-0.39, 0.29) is 24.0 Å². The van der Waals surface area contributed by atoms with Crippen LogP contribution in [0.15, 0.2) is 71.1 Å². The van der Waals surface area contributed by atoms with Crippen LogP contribution in [0.2, 0.25) is 0 Å². The van der Waals surface area contributed by atoms with Crippen molar-refractivity contribution in [3.05, 3.63) is 78.1 Å². The van der Waals surface area contributed by atoms with Crippen LogP contribution in [-0.2, 0) is 4.79 Å². The molecule has 0 fully saturated rings. The first-order valence-electron chi connectivity index (χ1n) is 10.2. The first kappa shape index (κ1) is 20.6. The fourth-order valence-corrected chi connectivity index (χ4v) is 3.23. The Morgan fingerprint density at radius 3 is 2.65 bits per heavy atom. The third-order valence-electron chi connectivity index (χ3n) is 5.21. The van der Waals surface area contributed by atoms with E-state index < -0.39 is 5.82 Å². The Morgan fingerprint density at radius 1 is 1.13 bits per heavy atom. The molecule has 31 heavy (non-hydrogen) atoms. The van der Waals surface area contributed by atoms with E-state index in [2.05, 4.69) is 24.1 Å². The highest BCUT2D eigenvalue weighted by Crippen LogP contribution is 2.28. The molecular weight excluding hydrogens is 395 g/mol. The number of hydrogen-bond acceptors (Lipinski definition) is 4. The molecule has 4 aromatic rings. The zero-order valence-corrected chi connectivity index (χ0v) is 17.4. The molecule has 0 spiro atoms. The van der Waals surface area contributed by atoms with Crippen LogP contribution in [0.4, 0.5) is 10.1 Å². The molecule has 4 rings (SSSR count). The summed E-state index contributed by atoms with van der Waals surface area (Å²) in [7, 11) is 0. The summed E-state index contributed by atoms with van der Waals surface area (Å²) in [5.41, 5.74) is 3.13. The number of halogens is 1. The van der Waals surface area contributed by atoms with Gasteiger partial charge in [-0.15, -0.1) is 0 Å². The summed E-state index contributed by atoms with van der Waals surface area (Å²) in [5.74, 6) is 0.632. The Kier molecular flexibility index (Phi) is 5.98. The Morgan fingerprint density at radius 2 is 1.90 bits per heavy atom. The van der Waals surface area contributed by atoms with Gasteiger partial charge in [0.25, 0.3) is 5.91 Å². The van der Waals surface area contributed by atoms with Crippen molar-refractivity contribution in [3.63, 3.8) is 0 Å². The average molecular weight is 418 g/mol. The van der Waals surface area contributed by atoms with Gasteiger partial charge in [-0.3, -0.25) is 4.79 Å². The van der Waals surface area contributed by atoms with Crippen molar-refractivity contribution in [2.24, 2.45) is 0 Å². The quantitative estimate of drug-likeness (QED) is 0.390. The molecule has 0 aliphatic heterocycles. The van der Waals surface area contributed by atoms with Gasteiger partial charge in [0.2, 0.25) is 5.89 Å². The zero-order valence-electron chi connectivity index (χ0n) is 17.4. The van der Waals surface area contributed by atoms with Gasteiger partial charge < -0.3 is 14.5 Å². The standard InChI is InChI=1S/C25H23FN2O3/c1-3-16(2)17-8-11-19(12-9-17)30-15-24(29)27-18-10-13-23-22(14-18)28-25(31-23)20-6-4-5-7-21(20)26/h4-14,16H,3,15H2,1-2H3,(H,27,29)/t16-/m1/s1. The number of ether oxygens (including phenoxy) is 1. The molecule has 0 saturated heterocycles.